The number of hydrogen-bond donors (Lipinski definition) is 1. The first kappa shape index (κ1) is 18.2. The van der Waals surface area contributed by atoms with Gasteiger partial charge in [0.25, 0.3) is 11.5 Å². The first-order chi connectivity index (χ1) is 13.0. The van der Waals surface area contributed by atoms with E-state index < -0.39 is 0 Å². The van der Waals surface area contributed by atoms with Crippen LogP contribution in [-0.4, -0.2) is 15.5 Å². The van der Waals surface area contributed by atoms with Crippen molar-refractivity contribution in [2.24, 2.45) is 0 Å². The van der Waals surface area contributed by atoms with Crippen LogP contribution in [0.25, 0.3) is 10.2 Å². The van der Waals surface area contributed by atoms with Crippen LogP contribution < -0.4 is 10.9 Å². The Morgan fingerprint density at radius 3 is 2.85 bits per heavy atom. The second-order valence-corrected chi connectivity index (χ2v) is 8.30. The first-order valence-corrected chi connectivity index (χ1v) is 10.3. The molecular formula is C20H20ClN3O2S. The molecule has 7 heteroatoms. The summed E-state index contributed by atoms with van der Waals surface area (Å²) in [5.41, 5.74) is 2.16. The molecule has 1 N–H and O–H groups in total. The maximum atomic E-state index is 13.0. The molecule has 0 fully saturated rings. The average Bonchev–Trinajstić information content (AvgIpc) is 2.81. The van der Waals surface area contributed by atoms with Crippen LogP contribution in [0.15, 0.2) is 23.0 Å². The summed E-state index contributed by atoms with van der Waals surface area (Å²) in [6, 6.07) is 5.40. The highest BCUT2D eigenvalue weighted by Crippen LogP contribution is 2.30. The highest BCUT2D eigenvalue weighted by atomic mass is 35.5. The number of aryl methyl sites for hydroxylation is 2. The van der Waals surface area contributed by atoms with Gasteiger partial charge in [0.1, 0.15) is 10.7 Å². The molecule has 0 aliphatic carbocycles. The van der Waals surface area contributed by atoms with E-state index in [0.717, 1.165) is 37.1 Å². The molecule has 0 saturated carbocycles. The number of nitrogens with zero attached hydrogens (tertiary/aromatic N) is 2. The number of benzene rings is 1. The zero-order chi connectivity index (χ0) is 19.1. The van der Waals surface area contributed by atoms with Gasteiger partial charge in [0.2, 0.25) is 0 Å². The molecule has 27 heavy (non-hydrogen) atoms. The van der Waals surface area contributed by atoms with Gasteiger partial charge in [0.05, 0.1) is 10.3 Å². The topological polar surface area (TPSA) is 64.0 Å². The van der Waals surface area contributed by atoms with E-state index in [0.29, 0.717) is 37.9 Å². The van der Waals surface area contributed by atoms with E-state index in [1.165, 1.54) is 11.3 Å². The molecule has 2 aromatic heterocycles. The van der Waals surface area contributed by atoms with Crippen LogP contribution in [0.2, 0.25) is 5.02 Å². The van der Waals surface area contributed by atoms with E-state index in [1.807, 2.05) is 19.9 Å². The predicted octanol–water partition coefficient (Wildman–Crippen LogP) is 4.71. The summed E-state index contributed by atoms with van der Waals surface area (Å²) < 4.78 is 1.79. The Hall–Kier alpha value is -2.18. The molecule has 0 radical (unpaired) electrons. The minimum Gasteiger partial charge on any atom is -0.321 e. The SMILES string of the molecule is Cc1c(Cl)cccc1NC(=O)c1sc2nc3n(c(=O)c2c1C)CCCCC3. The summed E-state index contributed by atoms with van der Waals surface area (Å²) in [5, 5.41) is 4.09. The summed E-state index contributed by atoms with van der Waals surface area (Å²) in [6.45, 7) is 4.39. The zero-order valence-electron chi connectivity index (χ0n) is 15.3. The molecule has 3 aromatic rings. The van der Waals surface area contributed by atoms with Crippen molar-refractivity contribution >= 4 is 44.7 Å². The van der Waals surface area contributed by atoms with E-state index in [-0.39, 0.29) is 11.5 Å². The lowest BCUT2D eigenvalue weighted by Crippen LogP contribution is -2.24. The predicted molar refractivity (Wildman–Crippen MR) is 110 cm³/mol. The summed E-state index contributed by atoms with van der Waals surface area (Å²) >= 11 is 7.43. The van der Waals surface area contributed by atoms with Gasteiger partial charge in [0.15, 0.2) is 0 Å². The zero-order valence-corrected chi connectivity index (χ0v) is 16.8. The van der Waals surface area contributed by atoms with Gasteiger partial charge in [-0.2, -0.15) is 0 Å². The minimum absolute atomic E-state index is 0.0244. The van der Waals surface area contributed by atoms with Gasteiger partial charge in [-0.3, -0.25) is 14.2 Å². The molecular weight excluding hydrogens is 382 g/mol. The Kier molecular flexibility index (Phi) is 4.78. The fraction of sp³-hybridized carbons (Fsp3) is 0.350. The number of carbonyl (C=O) groups is 1. The Labute approximate surface area is 166 Å². The third-order valence-corrected chi connectivity index (χ3v) is 6.73. The van der Waals surface area contributed by atoms with Gasteiger partial charge < -0.3 is 5.32 Å². The van der Waals surface area contributed by atoms with E-state index in [1.54, 1.807) is 16.7 Å². The number of nitrogens with one attached hydrogen (secondary N) is 1. The van der Waals surface area contributed by atoms with Crippen LogP contribution in [-0.2, 0) is 13.0 Å². The van der Waals surface area contributed by atoms with E-state index >= 15 is 0 Å². The minimum atomic E-state index is -0.236. The van der Waals surface area contributed by atoms with Crippen molar-refractivity contribution in [3.05, 3.63) is 55.4 Å². The Bertz CT molecular complexity index is 1120. The lowest BCUT2D eigenvalue weighted by Gasteiger charge is -2.09. The molecule has 3 heterocycles. The number of carbonyl (C=O) groups excluding carboxylic acids is 1. The molecule has 1 aromatic carbocycles. The molecule has 0 spiro atoms. The highest BCUT2D eigenvalue weighted by Gasteiger charge is 2.22. The van der Waals surface area contributed by atoms with Gasteiger partial charge in [-0.15, -0.1) is 11.3 Å². The largest absolute Gasteiger partial charge is 0.321 e. The standard InChI is InChI=1S/C20H20ClN3O2S/c1-11-13(21)7-6-8-14(11)22-18(25)17-12(2)16-19(27-17)23-15-9-4-3-5-10-24(15)20(16)26/h6-8H,3-5,9-10H2,1-2H3,(H,22,25). The van der Waals surface area contributed by atoms with Gasteiger partial charge in [0, 0.05) is 23.7 Å². The van der Waals surface area contributed by atoms with Gasteiger partial charge in [-0.25, -0.2) is 4.98 Å². The number of fused-ring (bicyclic) bond motifs is 2. The van der Waals surface area contributed by atoms with E-state index in [4.69, 9.17) is 16.6 Å². The van der Waals surface area contributed by atoms with Crippen LogP contribution in [0.1, 0.15) is 45.9 Å². The molecule has 0 bridgehead atoms. The lowest BCUT2D eigenvalue weighted by molar-refractivity contribution is 0.103. The van der Waals surface area contributed by atoms with Crippen molar-refractivity contribution in [1.82, 2.24) is 9.55 Å². The fourth-order valence-electron chi connectivity index (χ4n) is 3.55. The summed E-state index contributed by atoms with van der Waals surface area (Å²) in [4.78, 5) is 31.8. The quantitative estimate of drug-likeness (QED) is 0.676. The second-order valence-electron chi connectivity index (χ2n) is 6.90. The molecule has 1 amide bonds. The van der Waals surface area contributed by atoms with Crippen molar-refractivity contribution in [3.63, 3.8) is 0 Å². The number of anilines is 1. The van der Waals surface area contributed by atoms with Gasteiger partial charge in [-0.1, -0.05) is 24.1 Å². The number of aromatic nitrogens is 2. The first-order valence-electron chi connectivity index (χ1n) is 9.06. The van der Waals surface area contributed by atoms with Crippen LogP contribution in [0.4, 0.5) is 5.69 Å². The van der Waals surface area contributed by atoms with E-state index in [2.05, 4.69) is 5.32 Å². The average molecular weight is 402 g/mol. The molecule has 5 nitrogen and oxygen atoms in total. The molecule has 1 aliphatic rings. The van der Waals surface area contributed by atoms with Gasteiger partial charge in [-0.05, 0) is 49.9 Å². The maximum Gasteiger partial charge on any atom is 0.266 e. The van der Waals surface area contributed by atoms with Crippen molar-refractivity contribution in [1.29, 1.82) is 0 Å². The molecule has 140 valence electrons. The third-order valence-electron chi connectivity index (χ3n) is 5.13. The summed E-state index contributed by atoms with van der Waals surface area (Å²) in [6.07, 6.45) is 3.96. The van der Waals surface area contributed by atoms with E-state index in [9.17, 15) is 9.59 Å². The summed E-state index contributed by atoms with van der Waals surface area (Å²) in [7, 11) is 0. The number of rotatable bonds is 2. The van der Waals surface area contributed by atoms with Crippen molar-refractivity contribution in [2.75, 3.05) is 5.32 Å². The monoisotopic (exact) mass is 401 g/mol. The third kappa shape index (κ3) is 3.17. The molecule has 1 aliphatic heterocycles. The smallest absolute Gasteiger partial charge is 0.266 e. The lowest BCUT2D eigenvalue weighted by atomic mass is 10.1. The Balaban J connectivity index is 1.78. The summed E-state index contributed by atoms with van der Waals surface area (Å²) in [5.74, 6) is 0.601. The Morgan fingerprint density at radius 2 is 2.04 bits per heavy atom. The number of halogens is 1. The van der Waals surface area contributed by atoms with Crippen LogP contribution >= 0.6 is 22.9 Å². The van der Waals surface area contributed by atoms with Crippen LogP contribution in [0.3, 0.4) is 0 Å². The maximum absolute atomic E-state index is 13.0. The van der Waals surface area contributed by atoms with Crippen molar-refractivity contribution in [3.8, 4) is 0 Å². The number of hydrogen-bond acceptors (Lipinski definition) is 4. The normalized spacial score (nSPS) is 14.0. The highest BCUT2D eigenvalue weighted by molar-refractivity contribution is 7.20. The van der Waals surface area contributed by atoms with Crippen molar-refractivity contribution < 1.29 is 4.79 Å². The Morgan fingerprint density at radius 1 is 1.22 bits per heavy atom. The fourth-order valence-corrected chi connectivity index (χ4v) is 4.81. The van der Waals surface area contributed by atoms with Crippen LogP contribution in [0.5, 0.6) is 0 Å². The van der Waals surface area contributed by atoms with Crippen LogP contribution in [0, 0.1) is 13.8 Å². The molecule has 0 atom stereocenters. The van der Waals surface area contributed by atoms with Crippen molar-refractivity contribution in [2.45, 2.75) is 46.1 Å². The van der Waals surface area contributed by atoms with Gasteiger partial charge >= 0.3 is 0 Å². The molecule has 0 saturated heterocycles. The number of amides is 1. The molecule has 4 rings (SSSR count). The second kappa shape index (κ2) is 7.09. The number of thiophene rings is 1. The molecule has 0 unspecified atom stereocenters.